The number of nitrogens with one attached hydrogen (secondary N) is 2. The molecule has 2 aliphatic rings. The summed E-state index contributed by atoms with van der Waals surface area (Å²) in [4.78, 5) is 19.9. The molecule has 0 amide bonds. The van der Waals surface area contributed by atoms with Crippen LogP contribution in [0, 0.1) is 5.41 Å². The molecule has 7 nitrogen and oxygen atoms in total. The second kappa shape index (κ2) is 15.9. The van der Waals surface area contributed by atoms with Crippen molar-refractivity contribution in [3.63, 3.8) is 0 Å². The minimum Gasteiger partial charge on any atom is -0.395 e. The normalized spacial score (nSPS) is 19.1. The van der Waals surface area contributed by atoms with Gasteiger partial charge in [-0.25, -0.2) is 0 Å². The molecular weight excluding hydrogens is 446 g/mol. The Hall–Kier alpha value is -1.84. The largest absolute Gasteiger partial charge is 0.395 e. The summed E-state index contributed by atoms with van der Waals surface area (Å²) in [6.45, 7) is 15.3. The molecule has 1 aliphatic heterocycles. The first-order chi connectivity index (χ1) is 16.4. The molecule has 0 aromatic heterocycles. The number of rotatable bonds is 11. The fraction of sp³-hybridized carbons (Fsp3) is 0.577. The van der Waals surface area contributed by atoms with Gasteiger partial charge < -0.3 is 20.5 Å². The van der Waals surface area contributed by atoms with Crippen molar-refractivity contribution < 1.29 is 9.90 Å². The van der Waals surface area contributed by atoms with E-state index in [0.29, 0.717) is 5.41 Å². The molecule has 1 atom stereocenters. The molecule has 1 spiro atoms. The number of thioether (sulfide) groups is 1. The lowest BCUT2D eigenvalue weighted by atomic mass is 9.54. The van der Waals surface area contributed by atoms with Gasteiger partial charge in [-0.15, -0.1) is 11.8 Å². The number of hydrogen-bond donors (Lipinski definition) is 3. The van der Waals surface area contributed by atoms with Crippen molar-refractivity contribution in [2.45, 2.75) is 44.8 Å². The van der Waals surface area contributed by atoms with Crippen molar-refractivity contribution in [1.29, 1.82) is 0 Å². The number of allylic oxidation sites excluding steroid dienone is 1. The summed E-state index contributed by atoms with van der Waals surface area (Å²) in [7, 11) is 1.82. The molecule has 1 saturated heterocycles. The molecular formula is C26H43N5O2S. The molecule has 0 radical (unpaired) electrons. The number of carbonyl (C=O) groups is 1. The maximum atomic E-state index is 8.27. The van der Waals surface area contributed by atoms with Crippen molar-refractivity contribution in [2.24, 2.45) is 15.4 Å². The average Bonchev–Trinajstić information content (AvgIpc) is 2.82. The van der Waals surface area contributed by atoms with Crippen LogP contribution in [0.5, 0.6) is 0 Å². The van der Waals surface area contributed by atoms with Crippen LogP contribution in [0.4, 0.5) is 0 Å². The van der Waals surface area contributed by atoms with Gasteiger partial charge in [-0.2, -0.15) is 0 Å². The first-order valence-electron chi connectivity index (χ1n) is 11.7. The number of likely N-dealkylation sites (tertiary alicyclic amines) is 1. The lowest BCUT2D eigenvalue weighted by Gasteiger charge is -2.64. The molecule has 1 unspecified atom stereocenters. The minimum atomic E-state index is 0.219. The zero-order chi connectivity index (χ0) is 25.5. The third kappa shape index (κ3) is 10.2. The molecule has 34 heavy (non-hydrogen) atoms. The predicted octanol–water partition coefficient (Wildman–Crippen LogP) is 3.01. The summed E-state index contributed by atoms with van der Waals surface area (Å²) >= 11 is 1.64. The zero-order valence-corrected chi connectivity index (χ0v) is 22.1. The van der Waals surface area contributed by atoms with E-state index in [4.69, 9.17) is 9.90 Å². The fourth-order valence-corrected chi connectivity index (χ4v) is 5.06. The van der Waals surface area contributed by atoms with Gasteiger partial charge in [0.25, 0.3) is 0 Å². The van der Waals surface area contributed by atoms with Gasteiger partial charge in [-0.05, 0) is 57.7 Å². The number of likely N-dealkylation sites (N-methyl/N-ethyl adjacent to an activating group) is 1. The van der Waals surface area contributed by atoms with Crippen LogP contribution >= 0.6 is 11.8 Å². The van der Waals surface area contributed by atoms with E-state index in [1.165, 1.54) is 31.5 Å². The van der Waals surface area contributed by atoms with Gasteiger partial charge in [0.05, 0.1) is 13.2 Å². The Morgan fingerprint density at radius 3 is 2.44 bits per heavy atom. The van der Waals surface area contributed by atoms with Crippen LogP contribution < -0.4 is 10.6 Å². The van der Waals surface area contributed by atoms with Crippen molar-refractivity contribution >= 4 is 31.5 Å². The van der Waals surface area contributed by atoms with E-state index in [0.717, 1.165) is 24.5 Å². The first kappa shape index (κ1) is 30.2. The van der Waals surface area contributed by atoms with Gasteiger partial charge in [0, 0.05) is 55.1 Å². The van der Waals surface area contributed by atoms with E-state index in [2.05, 4.69) is 69.5 Å². The summed E-state index contributed by atoms with van der Waals surface area (Å²) in [5, 5.41) is 14.8. The third-order valence-electron chi connectivity index (χ3n) is 6.13. The Balaban J connectivity index is 0.000000631. The van der Waals surface area contributed by atoms with Gasteiger partial charge in [-0.3, -0.25) is 14.9 Å². The van der Waals surface area contributed by atoms with Crippen LogP contribution in [-0.2, 0) is 11.3 Å². The standard InChI is InChI=1S/C21H30N4S.C4H11NO.CH2O/c1-20(24-10-9-23-12-19(26-3)11-22-2)14-21(15-20)16-25(17-21)13-18-7-5-4-6-8-18;1-4(3-6)5-2;1-2/h4-8,11-12,24H,2,9-10,13-17H2,1,3H3;4-6H,3H2,1-2H3;1H2/b19-11+,23-12?;;. The third-order valence-corrected chi connectivity index (χ3v) is 6.81. The highest BCUT2D eigenvalue weighted by Gasteiger charge is 2.57. The SMILES string of the molecule is C=N/C=C(\C=NCCNC1(C)CC2(CN(Cc3ccccc3)C2)C1)SC.C=O.CNC(C)CO. The summed E-state index contributed by atoms with van der Waals surface area (Å²) in [6, 6.07) is 11.0. The summed E-state index contributed by atoms with van der Waals surface area (Å²) < 4.78 is 0. The van der Waals surface area contributed by atoms with Gasteiger partial charge >= 0.3 is 0 Å². The predicted molar refractivity (Wildman–Crippen MR) is 147 cm³/mol. The lowest BCUT2D eigenvalue weighted by molar-refractivity contribution is -0.115. The minimum absolute atomic E-state index is 0.219. The highest BCUT2D eigenvalue weighted by atomic mass is 32.2. The highest BCUT2D eigenvalue weighted by Crippen LogP contribution is 2.54. The first-order valence-corrected chi connectivity index (χ1v) is 12.9. The molecule has 1 aromatic carbocycles. The highest BCUT2D eigenvalue weighted by molar-refractivity contribution is 8.03. The van der Waals surface area contributed by atoms with E-state index in [1.807, 2.05) is 33.2 Å². The summed E-state index contributed by atoms with van der Waals surface area (Å²) in [6.07, 6.45) is 8.22. The van der Waals surface area contributed by atoms with E-state index in [-0.39, 0.29) is 18.2 Å². The van der Waals surface area contributed by atoms with Crippen LogP contribution in [0.1, 0.15) is 32.3 Å². The second-order valence-electron chi connectivity index (χ2n) is 9.30. The lowest BCUT2D eigenvalue weighted by Crippen LogP contribution is -2.70. The number of aliphatic hydroxyl groups is 1. The summed E-state index contributed by atoms with van der Waals surface area (Å²) in [5.74, 6) is 0. The summed E-state index contributed by atoms with van der Waals surface area (Å²) in [5.41, 5.74) is 2.27. The van der Waals surface area contributed by atoms with E-state index >= 15 is 0 Å². The number of aliphatic imine (C=N–C) groups is 2. The maximum absolute atomic E-state index is 8.27. The van der Waals surface area contributed by atoms with Crippen LogP contribution in [0.2, 0.25) is 0 Å². The van der Waals surface area contributed by atoms with Gasteiger partial charge in [-0.1, -0.05) is 30.3 Å². The number of carbonyl (C=O) groups excluding carboxylic acids is 1. The fourth-order valence-electron chi connectivity index (χ4n) is 4.70. The molecule has 3 N–H and O–H groups in total. The van der Waals surface area contributed by atoms with Gasteiger partial charge in [0.1, 0.15) is 6.79 Å². The van der Waals surface area contributed by atoms with Gasteiger partial charge in [0.15, 0.2) is 0 Å². The molecule has 1 aromatic rings. The smallest absolute Gasteiger partial charge is 0.106 e. The van der Waals surface area contributed by atoms with Crippen molar-refractivity contribution in [3.8, 4) is 0 Å². The van der Waals surface area contributed by atoms with Gasteiger partial charge in [0.2, 0.25) is 0 Å². The molecule has 0 bridgehead atoms. The van der Waals surface area contributed by atoms with E-state index < -0.39 is 0 Å². The topological polar surface area (TPSA) is 89.3 Å². The number of benzene rings is 1. The molecule has 3 rings (SSSR count). The number of hydrogen-bond acceptors (Lipinski definition) is 8. The number of nitrogens with zero attached hydrogens (tertiary/aromatic N) is 3. The van der Waals surface area contributed by atoms with Crippen LogP contribution in [0.3, 0.4) is 0 Å². The average molecular weight is 490 g/mol. The Kier molecular flexibility index (Phi) is 14.2. The molecule has 8 heteroatoms. The van der Waals surface area contributed by atoms with Crippen LogP contribution in [-0.4, -0.2) is 87.4 Å². The second-order valence-corrected chi connectivity index (χ2v) is 10.2. The Morgan fingerprint density at radius 2 is 1.94 bits per heavy atom. The van der Waals surface area contributed by atoms with E-state index in [1.54, 1.807) is 18.0 Å². The molecule has 1 aliphatic carbocycles. The Morgan fingerprint density at radius 1 is 1.29 bits per heavy atom. The van der Waals surface area contributed by atoms with Crippen molar-refractivity contribution in [3.05, 3.63) is 47.0 Å². The maximum Gasteiger partial charge on any atom is 0.106 e. The Labute approximate surface area is 210 Å². The zero-order valence-electron chi connectivity index (χ0n) is 21.3. The molecule has 1 heterocycles. The van der Waals surface area contributed by atoms with Crippen LogP contribution in [0.25, 0.3) is 0 Å². The molecule has 2 fully saturated rings. The van der Waals surface area contributed by atoms with E-state index in [9.17, 15) is 0 Å². The monoisotopic (exact) mass is 489 g/mol. The molecule has 190 valence electrons. The Bertz CT molecular complexity index is 754. The van der Waals surface area contributed by atoms with Crippen molar-refractivity contribution in [2.75, 3.05) is 46.1 Å². The molecule has 1 saturated carbocycles. The number of aliphatic hydroxyl groups excluding tert-OH is 1. The van der Waals surface area contributed by atoms with Crippen molar-refractivity contribution in [1.82, 2.24) is 15.5 Å². The quantitative estimate of drug-likeness (QED) is 0.327. The van der Waals surface area contributed by atoms with Crippen LogP contribution in [0.15, 0.2) is 51.4 Å².